The number of ether oxygens (including phenoxy) is 2. The van der Waals surface area contributed by atoms with Gasteiger partial charge in [-0.1, -0.05) is 23.7 Å². The molecule has 2 N–H and O–H groups in total. The SMILES string of the molecule is COc1cccc(C(N)Cc2cc(Cl)ccc2F)c1OC. The molecule has 0 aliphatic carbocycles. The molecule has 0 radical (unpaired) electrons. The Bertz CT molecular complexity index is 634. The first-order chi connectivity index (χ1) is 10.1. The van der Waals surface area contributed by atoms with E-state index >= 15 is 0 Å². The summed E-state index contributed by atoms with van der Waals surface area (Å²) in [6.45, 7) is 0. The third-order valence-electron chi connectivity index (χ3n) is 3.28. The third-order valence-corrected chi connectivity index (χ3v) is 3.52. The highest BCUT2D eigenvalue weighted by Gasteiger charge is 2.17. The van der Waals surface area contributed by atoms with Crippen molar-refractivity contribution in [3.63, 3.8) is 0 Å². The summed E-state index contributed by atoms with van der Waals surface area (Å²) in [6.07, 6.45) is 0.315. The Balaban J connectivity index is 2.32. The Kier molecular flexibility index (Phi) is 5.04. The summed E-state index contributed by atoms with van der Waals surface area (Å²) in [4.78, 5) is 0. The zero-order valence-electron chi connectivity index (χ0n) is 11.9. The van der Waals surface area contributed by atoms with Gasteiger partial charge in [0.1, 0.15) is 5.82 Å². The molecule has 0 saturated carbocycles. The number of hydrogen-bond acceptors (Lipinski definition) is 3. The Hall–Kier alpha value is -1.78. The lowest BCUT2D eigenvalue weighted by atomic mass is 9.98. The van der Waals surface area contributed by atoms with Gasteiger partial charge in [0.25, 0.3) is 0 Å². The molecule has 112 valence electrons. The maximum atomic E-state index is 13.8. The van der Waals surface area contributed by atoms with Crippen molar-refractivity contribution >= 4 is 11.6 Å². The van der Waals surface area contributed by atoms with Gasteiger partial charge in [-0.3, -0.25) is 0 Å². The van der Waals surface area contributed by atoms with E-state index in [0.717, 1.165) is 5.56 Å². The van der Waals surface area contributed by atoms with Gasteiger partial charge in [0, 0.05) is 16.6 Å². The van der Waals surface area contributed by atoms with Crippen LogP contribution in [0.2, 0.25) is 5.02 Å². The monoisotopic (exact) mass is 309 g/mol. The molecule has 0 aliphatic rings. The van der Waals surface area contributed by atoms with Crippen LogP contribution in [0, 0.1) is 5.82 Å². The molecule has 0 amide bonds. The van der Waals surface area contributed by atoms with Gasteiger partial charge >= 0.3 is 0 Å². The van der Waals surface area contributed by atoms with Crippen LogP contribution in [0.15, 0.2) is 36.4 Å². The first kappa shape index (κ1) is 15.6. The maximum absolute atomic E-state index is 13.8. The van der Waals surface area contributed by atoms with E-state index in [4.69, 9.17) is 26.8 Å². The zero-order valence-corrected chi connectivity index (χ0v) is 12.7. The minimum absolute atomic E-state index is 0.315. The van der Waals surface area contributed by atoms with Crippen LogP contribution in [0.25, 0.3) is 0 Å². The van der Waals surface area contributed by atoms with Gasteiger partial charge in [0.2, 0.25) is 0 Å². The van der Waals surface area contributed by atoms with Crippen molar-refractivity contribution in [2.75, 3.05) is 14.2 Å². The molecule has 0 heterocycles. The molecule has 1 unspecified atom stereocenters. The molecule has 0 spiro atoms. The summed E-state index contributed by atoms with van der Waals surface area (Å²) in [5.41, 5.74) is 7.43. The second-order valence-corrected chi connectivity index (χ2v) is 5.07. The van der Waals surface area contributed by atoms with Crippen molar-refractivity contribution in [2.45, 2.75) is 12.5 Å². The van der Waals surface area contributed by atoms with Crippen molar-refractivity contribution < 1.29 is 13.9 Å². The molecule has 0 bridgehead atoms. The minimum atomic E-state index is -0.428. The molecule has 21 heavy (non-hydrogen) atoms. The average Bonchev–Trinajstić information content (AvgIpc) is 2.49. The standard InChI is InChI=1S/C16H17ClFNO2/c1-20-15-5-3-4-12(16(15)21-2)14(19)9-10-8-11(17)6-7-13(10)18/h3-8,14H,9,19H2,1-2H3. The van der Waals surface area contributed by atoms with E-state index in [0.29, 0.717) is 28.5 Å². The van der Waals surface area contributed by atoms with Crippen LogP contribution in [0.3, 0.4) is 0 Å². The highest BCUT2D eigenvalue weighted by Crippen LogP contribution is 2.35. The van der Waals surface area contributed by atoms with Crippen LogP contribution in [0.1, 0.15) is 17.2 Å². The van der Waals surface area contributed by atoms with Gasteiger partial charge < -0.3 is 15.2 Å². The van der Waals surface area contributed by atoms with Crippen LogP contribution in [0.4, 0.5) is 4.39 Å². The predicted octanol–water partition coefficient (Wildman–Crippen LogP) is 3.74. The van der Waals surface area contributed by atoms with E-state index in [1.165, 1.54) is 12.1 Å². The molecule has 2 aromatic carbocycles. The number of methoxy groups -OCH3 is 2. The first-order valence-corrected chi connectivity index (χ1v) is 6.85. The van der Waals surface area contributed by atoms with Crippen molar-refractivity contribution in [3.8, 4) is 11.5 Å². The Morgan fingerprint density at radius 2 is 1.95 bits per heavy atom. The van der Waals surface area contributed by atoms with Gasteiger partial charge in [-0.15, -0.1) is 0 Å². The Labute approximate surface area is 128 Å². The zero-order chi connectivity index (χ0) is 15.4. The molecular weight excluding hydrogens is 293 g/mol. The van der Waals surface area contributed by atoms with Crippen LogP contribution in [0.5, 0.6) is 11.5 Å². The van der Waals surface area contributed by atoms with Crippen LogP contribution in [-0.2, 0) is 6.42 Å². The van der Waals surface area contributed by atoms with Crippen molar-refractivity contribution in [3.05, 3.63) is 58.4 Å². The highest BCUT2D eigenvalue weighted by molar-refractivity contribution is 6.30. The summed E-state index contributed by atoms with van der Waals surface area (Å²) in [6, 6.07) is 9.46. The molecule has 5 heteroatoms. The molecule has 0 saturated heterocycles. The lowest BCUT2D eigenvalue weighted by Crippen LogP contribution is -2.15. The summed E-state index contributed by atoms with van der Waals surface area (Å²) in [7, 11) is 3.11. The second-order valence-electron chi connectivity index (χ2n) is 4.63. The smallest absolute Gasteiger partial charge is 0.165 e. The van der Waals surface area contributed by atoms with E-state index in [9.17, 15) is 4.39 Å². The molecule has 2 aromatic rings. The summed E-state index contributed by atoms with van der Waals surface area (Å²) < 4.78 is 24.4. The van der Waals surface area contributed by atoms with Gasteiger partial charge in [-0.25, -0.2) is 4.39 Å². The topological polar surface area (TPSA) is 44.5 Å². The van der Waals surface area contributed by atoms with Crippen LogP contribution >= 0.6 is 11.6 Å². The molecule has 3 nitrogen and oxygen atoms in total. The predicted molar refractivity (Wildman–Crippen MR) is 81.6 cm³/mol. The third kappa shape index (κ3) is 3.46. The normalized spacial score (nSPS) is 12.0. The van der Waals surface area contributed by atoms with Gasteiger partial charge in [0.05, 0.1) is 14.2 Å². The van der Waals surface area contributed by atoms with Crippen LogP contribution < -0.4 is 15.2 Å². The van der Waals surface area contributed by atoms with Crippen LogP contribution in [-0.4, -0.2) is 14.2 Å². The largest absolute Gasteiger partial charge is 0.493 e. The molecule has 0 aromatic heterocycles. The number of para-hydroxylation sites is 1. The van der Waals surface area contributed by atoms with Crippen molar-refractivity contribution in [1.29, 1.82) is 0 Å². The molecular formula is C16H17ClFNO2. The number of hydrogen-bond donors (Lipinski definition) is 1. The number of nitrogens with two attached hydrogens (primary N) is 1. The first-order valence-electron chi connectivity index (χ1n) is 6.47. The highest BCUT2D eigenvalue weighted by atomic mass is 35.5. The average molecular weight is 310 g/mol. The van der Waals surface area contributed by atoms with Gasteiger partial charge in [0.15, 0.2) is 11.5 Å². The van der Waals surface area contributed by atoms with E-state index in [2.05, 4.69) is 0 Å². The van der Waals surface area contributed by atoms with Gasteiger partial charge in [-0.2, -0.15) is 0 Å². The van der Waals surface area contributed by atoms with E-state index < -0.39 is 6.04 Å². The lowest BCUT2D eigenvalue weighted by Gasteiger charge is -2.18. The number of rotatable bonds is 5. The number of halogens is 2. The van der Waals surface area contributed by atoms with E-state index in [1.54, 1.807) is 26.4 Å². The van der Waals surface area contributed by atoms with Crippen molar-refractivity contribution in [1.82, 2.24) is 0 Å². The quantitative estimate of drug-likeness (QED) is 0.915. The number of benzene rings is 2. The minimum Gasteiger partial charge on any atom is -0.493 e. The maximum Gasteiger partial charge on any atom is 0.165 e. The lowest BCUT2D eigenvalue weighted by molar-refractivity contribution is 0.349. The fourth-order valence-corrected chi connectivity index (χ4v) is 2.45. The fraction of sp³-hybridized carbons (Fsp3) is 0.250. The Morgan fingerprint density at radius 3 is 2.62 bits per heavy atom. The summed E-state index contributed by atoms with van der Waals surface area (Å²) in [5, 5.41) is 0.483. The summed E-state index contributed by atoms with van der Waals surface area (Å²) in [5.74, 6) is 0.837. The molecule has 0 aliphatic heterocycles. The van der Waals surface area contributed by atoms with E-state index in [1.807, 2.05) is 12.1 Å². The fourth-order valence-electron chi connectivity index (χ4n) is 2.25. The molecule has 1 atom stereocenters. The molecule has 0 fully saturated rings. The van der Waals surface area contributed by atoms with Gasteiger partial charge in [-0.05, 0) is 36.2 Å². The van der Waals surface area contributed by atoms with Crippen molar-refractivity contribution in [2.24, 2.45) is 5.73 Å². The summed E-state index contributed by atoms with van der Waals surface area (Å²) >= 11 is 5.90. The molecule has 2 rings (SSSR count). The Morgan fingerprint density at radius 1 is 1.19 bits per heavy atom. The van der Waals surface area contributed by atoms with E-state index in [-0.39, 0.29) is 5.82 Å². The second kappa shape index (κ2) is 6.78.